The fourth-order valence-electron chi connectivity index (χ4n) is 1.26. The van der Waals surface area contributed by atoms with Crippen molar-refractivity contribution < 1.29 is 17.1 Å². The lowest BCUT2D eigenvalue weighted by Crippen LogP contribution is -3.00. The number of rotatable bonds is 4. The van der Waals surface area contributed by atoms with Gasteiger partial charge in [-0.3, -0.25) is 0 Å². The van der Waals surface area contributed by atoms with Crippen LogP contribution >= 0.6 is 11.6 Å². The molecule has 0 heterocycles. The van der Waals surface area contributed by atoms with Crippen molar-refractivity contribution >= 4 is 23.5 Å². The molecule has 6 nitrogen and oxygen atoms in total. The first kappa shape index (κ1) is 17.3. The predicted molar refractivity (Wildman–Crippen MR) is 73.8 cm³/mol. The van der Waals surface area contributed by atoms with Crippen LogP contribution in [0.15, 0.2) is 28.2 Å². The zero-order valence-corrected chi connectivity index (χ0v) is 11.9. The summed E-state index contributed by atoms with van der Waals surface area (Å²) < 4.78 is 5.32. The molecule has 0 bridgehead atoms. The van der Waals surface area contributed by atoms with Crippen LogP contribution in [-0.4, -0.2) is 18.5 Å². The highest BCUT2D eigenvalue weighted by molar-refractivity contribution is 6.32. The van der Waals surface area contributed by atoms with Crippen molar-refractivity contribution in [1.82, 2.24) is 0 Å². The van der Waals surface area contributed by atoms with Crippen LogP contribution in [0.5, 0.6) is 5.75 Å². The molecule has 0 aromatic heterocycles. The van der Waals surface area contributed by atoms with Crippen molar-refractivity contribution in [1.29, 1.82) is 0 Å². The molecule has 0 fully saturated rings. The molecule has 0 spiro atoms. The van der Waals surface area contributed by atoms with Gasteiger partial charge >= 0.3 is 0 Å². The monoisotopic (exact) mass is 304 g/mol. The summed E-state index contributed by atoms with van der Waals surface area (Å²) >= 11 is 6.04. The molecule has 0 saturated carbocycles. The van der Waals surface area contributed by atoms with E-state index in [-0.39, 0.29) is 24.3 Å². The molecular weight excluding hydrogens is 289 g/mol. The van der Waals surface area contributed by atoms with E-state index < -0.39 is 0 Å². The fourth-order valence-corrected chi connectivity index (χ4v) is 1.51. The number of hydrogen-bond donors (Lipinski definition) is 3. The van der Waals surface area contributed by atoms with Gasteiger partial charge in [-0.1, -0.05) is 17.7 Å². The molecule has 1 aromatic carbocycles. The molecule has 8 heteroatoms. The third-order valence-electron chi connectivity index (χ3n) is 1.96. The van der Waals surface area contributed by atoms with Gasteiger partial charge in [0.2, 0.25) is 5.96 Å². The Morgan fingerprint density at radius 3 is 2.53 bits per heavy atom. The summed E-state index contributed by atoms with van der Waals surface area (Å²) in [6.07, 6.45) is 0. The minimum absolute atomic E-state index is 0. The van der Waals surface area contributed by atoms with Crippen LogP contribution in [0, 0.1) is 0 Å². The van der Waals surface area contributed by atoms with E-state index in [0.717, 1.165) is 5.56 Å². The van der Waals surface area contributed by atoms with Crippen LogP contribution in [0.2, 0.25) is 5.02 Å². The second-order valence-corrected chi connectivity index (χ2v) is 3.82. The molecule has 1 rings (SSSR count). The van der Waals surface area contributed by atoms with Gasteiger partial charge in [0, 0.05) is 0 Å². The third-order valence-corrected chi connectivity index (χ3v) is 2.26. The minimum atomic E-state index is -0.124. The smallest absolute Gasteiger partial charge is 0.218 e. The van der Waals surface area contributed by atoms with Gasteiger partial charge in [0.25, 0.3) is 0 Å². The molecule has 6 N–H and O–H groups in total. The highest BCUT2D eigenvalue weighted by Gasteiger charge is 2.02. The second kappa shape index (κ2) is 8.44. The first-order valence-corrected chi connectivity index (χ1v) is 5.71. The lowest BCUT2D eigenvalue weighted by Gasteiger charge is -2.06. The molecule has 0 aliphatic rings. The Morgan fingerprint density at radius 2 is 2.00 bits per heavy atom. The number of aliphatic imine (C=N–C) groups is 2. The van der Waals surface area contributed by atoms with Crippen molar-refractivity contribution in [2.24, 2.45) is 27.2 Å². The van der Waals surface area contributed by atoms with Crippen molar-refractivity contribution in [2.75, 3.05) is 6.61 Å². The van der Waals surface area contributed by atoms with Crippen LogP contribution in [0.4, 0.5) is 0 Å². The minimum Gasteiger partial charge on any atom is -1.00 e. The van der Waals surface area contributed by atoms with E-state index in [1.165, 1.54) is 0 Å². The van der Waals surface area contributed by atoms with Crippen LogP contribution in [0.3, 0.4) is 0 Å². The van der Waals surface area contributed by atoms with E-state index in [0.29, 0.717) is 23.9 Å². The van der Waals surface area contributed by atoms with Gasteiger partial charge in [0.1, 0.15) is 5.75 Å². The molecule has 0 radical (unpaired) electrons. The Balaban J connectivity index is 0.00000324. The molecule has 0 amide bonds. The number of guanidine groups is 2. The van der Waals surface area contributed by atoms with E-state index in [1.54, 1.807) is 12.1 Å². The van der Waals surface area contributed by atoms with Crippen molar-refractivity contribution in [3.05, 3.63) is 28.8 Å². The second-order valence-electron chi connectivity index (χ2n) is 3.41. The Morgan fingerprint density at radius 1 is 1.32 bits per heavy atom. The molecule has 0 saturated heterocycles. The van der Waals surface area contributed by atoms with Crippen molar-refractivity contribution in [3.63, 3.8) is 0 Å². The number of nitrogens with two attached hydrogens (primary N) is 3. The molecule has 0 atom stereocenters. The summed E-state index contributed by atoms with van der Waals surface area (Å²) in [5, 5.41) is 0.532. The lowest BCUT2D eigenvalue weighted by atomic mass is 10.2. The molecule has 106 valence electrons. The van der Waals surface area contributed by atoms with E-state index in [1.807, 2.05) is 13.0 Å². The Hall–Kier alpha value is -1.66. The number of ether oxygens (including phenoxy) is 1. The zero-order valence-electron chi connectivity index (χ0n) is 10.4. The average Bonchev–Trinajstić information content (AvgIpc) is 2.29. The third kappa shape index (κ3) is 6.17. The van der Waals surface area contributed by atoms with Crippen molar-refractivity contribution in [3.8, 4) is 5.75 Å². The lowest BCUT2D eigenvalue weighted by molar-refractivity contribution is -0.00000474. The van der Waals surface area contributed by atoms with Gasteiger partial charge in [-0.2, -0.15) is 4.99 Å². The summed E-state index contributed by atoms with van der Waals surface area (Å²) in [4.78, 5) is 7.60. The van der Waals surface area contributed by atoms with Crippen LogP contribution in [0.25, 0.3) is 0 Å². The summed E-state index contributed by atoms with van der Waals surface area (Å²) in [5.41, 5.74) is 16.7. The maximum absolute atomic E-state index is 6.04. The quantitative estimate of drug-likeness (QED) is 0.434. The van der Waals surface area contributed by atoms with Gasteiger partial charge in [0.15, 0.2) is 5.96 Å². The Kier molecular flexibility index (Phi) is 7.71. The number of hydrogen-bond acceptors (Lipinski definition) is 2. The normalized spacial score (nSPS) is 10.5. The summed E-state index contributed by atoms with van der Waals surface area (Å²) in [6, 6.07) is 5.40. The average molecular weight is 305 g/mol. The summed E-state index contributed by atoms with van der Waals surface area (Å²) in [6.45, 7) is 2.80. The van der Waals surface area contributed by atoms with Gasteiger partial charge < -0.3 is 34.3 Å². The van der Waals surface area contributed by atoms with E-state index >= 15 is 0 Å². The SMILES string of the molecule is CCOc1ccc(CN=C(N)N=C(N)N)cc1Cl.[Cl-]. The number of halogens is 2. The van der Waals surface area contributed by atoms with Crippen molar-refractivity contribution in [2.45, 2.75) is 13.5 Å². The zero-order chi connectivity index (χ0) is 13.5. The largest absolute Gasteiger partial charge is 1.00 e. The highest BCUT2D eigenvalue weighted by atomic mass is 35.5. The number of benzene rings is 1. The molecule has 1 aromatic rings. The summed E-state index contributed by atoms with van der Waals surface area (Å²) in [7, 11) is 0. The maximum atomic E-state index is 6.04. The van der Waals surface area contributed by atoms with Gasteiger partial charge in [-0.15, -0.1) is 0 Å². The van der Waals surface area contributed by atoms with E-state index in [2.05, 4.69) is 9.98 Å². The highest BCUT2D eigenvalue weighted by Crippen LogP contribution is 2.25. The molecule has 0 aliphatic heterocycles. The van der Waals surface area contributed by atoms with Gasteiger partial charge in [0.05, 0.1) is 18.2 Å². The maximum Gasteiger partial charge on any atom is 0.218 e. The molecule has 0 unspecified atom stereocenters. The van der Waals surface area contributed by atoms with Crippen LogP contribution < -0.4 is 34.3 Å². The Bertz CT molecular complexity index is 472. The molecule has 19 heavy (non-hydrogen) atoms. The van der Waals surface area contributed by atoms with Crippen LogP contribution in [0.1, 0.15) is 12.5 Å². The molecule has 0 aliphatic carbocycles. The van der Waals surface area contributed by atoms with Gasteiger partial charge in [-0.05, 0) is 24.6 Å². The fraction of sp³-hybridized carbons (Fsp3) is 0.273. The summed E-state index contributed by atoms with van der Waals surface area (Å²) in [5.74, 6) is 0.546. The Labute approximate surface area is 123 Å². The molecular formula is C11H16Cl2N5O-. The topological polar surface area (TPSA) is 112 Å². The first-order chi connectivity index (χ1) is 8.52. The first-order valence-electron chi connectivity index (χ1n) is 5.33. The predicted octanol–water partition coefficient (Wildman–Crippen LogP) is -2.17. The standard InChI is InChI=1S/C11H16ClN5O.ClH/c1-2-18-9-4-3-7(5-8(9)12)6-16-11(15)17-10(13)14;/h3-5H,2,6H2,1H3,(H6,13,14,15,16,17);1H/p-1. The van der Waals surface area contributed by atoms with Gasteiger partial charge in [-0.25, -0.2) is 4.99 Å². The number of nitrogens with zero attached hydrogens (tertiary/aromatic N) is 2. The van der Waals surface area contributed by atoms with E-state index in [4.69, 9.17) is 33.5 Å². The van der Waals surface area contributed by atoms with E-state index in [9.17, 15) is 0 Å². The van der Waals surface area contributed by atoms with Crippen LogP contribution in [-0.2, 0) is 6.54 Å².